The van der Waals surface area contributed by atoms with E-state index in [4.69, 9.17) is 16.9 Å². The maximum Gasteiger partial charge on any atom is 0.325 e. The molecule has 0 spiro atoms. The van der Waals surface area contributed by atoms with Gasteiger partial charge in [-0.25, -0.2) is 4.98 Å². The molecule has 0 fully saturated rings. The molecule has 1 heterocycles. The summed E-state index contributed by atoms with van der Waals surface area (Å²) >= 11 is 5.75. The van der Waals surface area contributed by atoms with Crippen LogP contribution in [0.5, 0.6) is 0 Å². The number of alkyl halides is 1. The zero-order chi connectivity index (χ0) is 13.8. The van der Waals surface area contributed by atoms with Gasteiger partial charge in [0.15, 0.2) is 0 Å². The van der Waals surface area contributed by atoms with E-state index >= 15 is 0 Å². The van der Waals surface area contributed by atoms with Crippen LogP contribution in [0.3, 0.4) is 0 Å². The third kappa shape index (κ3) is 2.54. The van der Waals surface area contributed by atoms with Crippen LogP contribution >= 0.6 is 11.6 Å². The second-order valence-corrected chi connectivity index (χ2v) is 4.29. The van der Waals surface area contributed by atoms with Crippen LogP contribution in [0, 0.1) is 11.3 Å². The minimum atomic E-state index is -0.363. The Balaban J connectivity index is 2.61. The van der Waals surface area contributed by atoms with Gasteiger partial charge in [-0.2, -0.15) is 5.26 Å². The van der Waals surface area contributed by atoms with E-state index in [1.807, 2.05) is 6.07 Å². The number of rotatable bonds is 4. The van der Waals surface area contributed by atoms with E-state index < -0.39 is 0 Å². The monoisotopic (exact) mass is 277 g/mol. The van der Waals surface area contributed by atoms with Crippen molar-refractivity contribution in [2.45, 2.75) is 13.0 Å². The topological polar surface area (TPSA) is 67.9 Å². The fraction of sp³-hybridized carbons (Fsp3) is 0.308. The fourth-order valence-electron chi connectivity index (χ4n) is 1.93. The zero-order valence-electron chi connectivity index (χ0n) is 10.4. The molecule has 0 radical (unpaired) electrons. The average molecular weight is 278 g/mol. The zero-order valence-corrected chi connectivity index (χ0v) is 11.1. The number of aromatic nitrogens is 2. The first-order valence-electron chi connectivity index (χ1n) is 5.72. The number of ether oxygens (including phenoxy) is 1. The fourth-order valence-corrected chi connectivity index (χ4v) is 2.10. The summed E-state index contributed by atoms with van der Waals surface area (Å²) < 4.78 is 6.42. The number of hydrogen-bond acceptors (Lipinski definition) is 4. The van der Waals surface area contributed by atoms with Gasteiger partial charge in [0.25, 0.3) is 0 Å². The van der Waals surface area contributed by atoms with Gasteiger partial charge < -0.3 is 9.30 Å². The van der Waals surface area contributed by atoms with E-state index in [1.54, 1.807) is 16.7 Å². The normalized spacial score (nSPS) is 10.4. The third-order valence-corrected chi connectivity index (χ3v) is 3.00. The number of nitriles is 1. The lowest BCUT2D eigenvalue weighted by molar-refractivity contribution is -0.141. The molecule has 0 atom stereocenters. The number of fused-ring (bicyclic) bond motifs is 1. The van der Waals surface area contributed by atoms with Crippen molar-refractivity contribution in [1.82, 2.24) is 9.55 Å². The Bertz CT molecular complexity index is 658. The second-order valence-electron chi connectivity index (χ2n) is 3.91. The van der Waals surface area contributed by atoms with Crippen LogP contribution in [-0.2, 0) is 22.5 Å². The number of benzene rings is 1. The third-order valence-electron chi connectivity index (χ3n) is 2.81. The summed E-state index contributed by atoms with van der Waals surface area (Å²) in [6, 6.07) is 7.38. The van der Waals surface area contributed by atoms with Gasteiger partial charge in [-0.3, -0.25) is 4.79 Å². The summed E-state index contributed by atoms with van der Waals surface area (Å²) in [5.41, 5.74) is 1.82. The van der Waals surface area contributed by atoms with Gasteiger partial charge in [-0.1, -0.05) is 6.07 Å². The Labute approximate surface area is 115 Å². The number of aryl methyl sites for hydroxylation is 1. The standard InChI is InChI=1S/C13H12ClN3O2/c1-19-12(18)8-17-10-4-2-3-9(7-15)13(10)16-11(17)5-6-14/h2-4H,5-6,8H2,1H3. The van der Waals surface area contributed by atoms with E-state index in [9.17, 15) is 4.79 Å². The van der Waals surface area contributed by atoms with Gasteiger partial charge >= 0.3 is 5.97 Å². The number of para-hydroxylation sites is 1. The summed E-state index contributed by atoms with van der Waals surface area (Å²) in [7, 11) is 1.34. The number of methoxy groups -OCH3 is 1. The quantitative estimate of drug-likeness (QED) is 0.632. The summed E-state index contributed by atoms with van der Waals surface area (Å²) in [6.45, 7) is 0.0636. The minimum absolute atomic E-state index is 0.0636. The molecule has 98 valence electrons. The number of imidazole rings is 1. The van der Waals surface area contributed by atoms with Crippen molar-refractivity contribution >= 4 is 28.6 Å². The van der Waals surface area contributed by atoms with Gasteiger partial charge in [0.2, 0.25) is 0 Å². The molecule has 6 heteroatoms. The van der Waals surface area contributed by atoms with Crippen LogP contribution in [-0.4, -0.2) is 28.5 Å². The van der Waals surface area contributed by atoms with E-state index in [2.05, 4.69) is 15.8 Å². The molecule has 5 nitrogen and oxygen atoms in total. The van der Waals surface area contributed by atoms with Gasteiger partial charge in [0.05, 0.1) is 18.2 Å². The highest BCUT2D eigenvalue weighted by Crippen LogP contribution is 2.20. The average Bonchev–Trinajstić information content (AvgIpc) is 2.77. The Morgan fingerprint density at radius 2 is 2.37 bits per heavy atom. The molecule has 19 heavy (non-hydrogen) atoms. The molecule has 0 unspecified atom stereocenters. The van der Waals surface area contributed by atoms with Crippen molar-refractivity contribution in [2.75, 3.05) is 13.0 Å². The number of halogens is 1. The molecular formula is C13H12ClN3O2. The number of nitrogens with zero attached hydrogens (tertiary/aromatic N) is 3. The molecule has 1 aromatic carbocycles. The maximum absolute atomic E-state index is 11.5. The summed E-state index contributed by atoms with van der Waals surface area (Å²) in [5, 5.41) is 9.08. The van der Waals surface area contributed by atoms with Gasteiger partial charge in [0.1, 0.15) is 24.0 Å². The van der Waals surface area contributed by atoms with Crippen LogP contribution in [0.1, 0.15) is 11.4 Å². The summed E-state index contributed by atoms with van der Waals surface area (Å²) in [6.07, 6.45) is 0.526. The summed E-state index contributed by atoms with van der Waals surface area (Å²) in [4.78, 5) is 15.9. The molecule has 0 aliphatic heterocycles. The lowest BCUT2D eigenvalue weighted by Crippen LogP contribution is -2.14. The van der Waals surface area contributed by atoms with Crippen molar-refractivity contribution in [2.24, 2.45) is 0 Å². The molecule has 0 N–H and O–H groups in total. The Hall–Kier alpha value is -2.06. The first-order valence-corrected chi connectivity index (χ1v) is 6.25. The first-order chi connectivity index (χ1) is 9.21. The molecule has 1 aromatic heterocycles. The molecule has 0 bridgehead atoms. The minimum Gasteiger partial charge on any atom is -0.468 e. The van der Waals surface area contributed by atoms with Gasteiger partial charge in [-0.05, 0) is 12.1 Å². The smallest absolute Gasteiger partial charge is 0.325 e. The predicted molar refractivity (Wildman–Crippen MR) is 70.9 cm³/mol. The highest BCUT2D eigenvalue weighted by molar-refractivity contribution is 6.17. The van der Waals surface area contributed by atoms with Gasteiger partial charge in [-0.15, -0.1) is 11.6 Å². The number of esters is 1. The van der Waals surface area contributed by atoms with Crippen LogP contribution in [0.2, 0.25) is 0 Å². The van der Waals surface area contributed by atoms with Crippen molar-refractivity contribution < 1.29 is 9.53 Å². The number of carbonyl (C=O) groups excluding carboxylic acids is 1. The molecular weight excluding hydrogens is 266 g/mol. The maximum atomic E-state index is 11.5. The molecule has 0 aliphatic rings. The largest absolute Gasteiger partial charge is 0.468 e. The lowest BCUT2D eigenvalue weighted by Gasteiger charge is -2.06. The van der Waals surface area contributed by atoms with Gasteiger partial charge in [0, 0.05) is 12.3 Å². The van der Waals surface area contributed by atoms with Crippen molar-refractivity contribution in [1.29, 1.82) is 5.26 Å². The Kier molecular flexibility index (Phi) is 4.03. The molecule has 2 aromatic rings. The first kappa shape index (κ1) is 13.4. The lowest BCUT2D eigenvalue weighted by atomic mass is 10.2. The van der Waals surface area contributed by atoms with E-state index in [1.165, 1.54) is 7.11 Å². The van der Waals surface area contributed by atoms with Crippen LogP contribution in [0.4, 0.5) is 0 Å². The van der Waals surface area contributed by atoms with Crippen molar-refractivity contribution in [3.63, 3.8) is 0 Å². The number of carbonyl (C=O) groups is 1. The van der Waals surface area contributed by atoms with Crippen LogP contribution in [0.15, 0.2) is 18.2 Å². The Morgan fingerprint density at radius 1 is 1.58 bits per heavy atom. The van der Waals surface area contributed by atoms with E-state index in [-0.39, 0.29) is 12.5 Å². The summed E-state index contributed by atoms with van der Waals surface area (Å²) in [5.74, 6) is 0.711. The molecule has 0 saturated carbocycles. The van der Waals surface area contributed by atoms with Crippen LogP contribution in [0.25, 0.3) is 11.0 Å². The number of hydrogen-bond donors (Lipinski definition) is 0. The predicted octanol–water partition coefficient (Wildman–Crippen LogP) is 1.86. The SMILES string of the molecule is COC(=O)Cn1c(CCCl)nc2c(C#N)cccc21. The molecule has 0 aliphatic carbocycles. The Morgan fingerprint density at radius 3 is 3.00 bits per heavy atom. The highest BCUT2D eigenvalue weighted by Gasteiger charge is 2.15. The van der Waals surface area contributed by atoms with E-state index in [0.717, 1.165) is 5.52 Å². The molecule has 0 amide bonds. The van der Waals surface area contributed by atoms with Crippen molar-refractivity contribution in [3.05, 3.63) is 29.6 Å². The highest BCUT2D eigenvalue weighted by atomic mass is 35.5. The van der Waals surface area contributed by atoms with E-state index in [0.29, 0.717) is 29.2 Å². The van der Waals surface area contributed by atoms with Crippen LogP contribution < -0.4 is 0 Å². The van der Waals surface area contributed by atoms with Crippen molar-refractivity contribution in [3.8, 4) is 6.07 Å². The molecule has 2 rings (SSSR count). The molecule has 0 saturated heterocycles. The second kappa shape index (κ2) is 5.72.